The van der Waals surface area contributed by atoms with E-state index in [1.807, 2.05) is 24.5 Å². The van der Waals surface area contributed by atoms with Gasteiger partial charge < -0.3 is 14.2 Å². The zero-order chi connectivity index (χ0) is 10.4. The van der Waals surface area contributed by atoms with Crippen LogP contribution in [0.4, 0.5) is 0 Å². The van der Waals surface area contributed by atoms with Crippen LogP contribution in [0.3, 0.4) is 0 Å². The summed E-state index contributed by atoms with van der Waals surface area (Å²) in [4.78, 5) is 1.04. The molecule has 0 bridgehead atoms. The van der Waals surface area contributed by atoms with Gasteiger partial charge in [-0.3, -0.25) is 0 Å². The van der Waals surface area contributed by atoms with Crippen LogP contribution in [0.25, 0.3) is 0 Å². The van der Waals surface area contributed by atoms with Crippen molar-refractivity contribution in [1.29, 1.82) is 0 Å². The highest BCUT2D eigenvalue weighted by atomic mass is 32.2. The van der Waals surface area contributed by atoms with Gasteiger partial charge in [0.05, 0.1) is 12.0 Å². The molecule has 0 radical (unpaired) electrons. The van der Waals surface area contributed by atoms with Crippen molar-refractivity contribution in [2.75, 3.05) is 27.3 Å². The molecule has 0 aliphatic carbocycles. The maximum Gasteiger partial charge on any atom is 0.188 e. The minimum atomic E-state index is 0.264. The molecule has 0 fully saturated rings. The highest BCUT2D eigenvalue weighted by Crippen LogP contribution is 2.31. The number of thioether (sulfide) groups is 1. The maximum atomic E-state index is 5.38. The molecule has 14 heavy (non-hydrogen) atoms. The van der Waals surface area contributed by atoms with Crippen LogP contribution in [0.2, 0.25) is 0 Å². The van der Waals surface area contributed by atoms with Crippen molar-refractivity contribution in [3.05, 3.63) is 18.2 Å². The summed E-state index contributed by atoms with van der Waals surface area (Å²) in [6, 6.07) is 5.68. The van der Waals surface area contributed by atoms with Crippen LogP contribution in [0, 0.1) is 0 Å². The lowest BCUT2D eigenvalue weighted by molar-refractivity contribution is 0.0491. The minimum absolute atomic E-state index is 0.264. The SMILES string of the molecule is COCOc1ccc(OC)cc1SC. The molecule has 0 aromatic heterocycles. The largest absolute Gasteiger partial charge is 0.497 e. The molecule has 0 atom stereocenters. The van der Waals surface area contributed by atoms with E-state index in [0.29, 0.717) is 0 Å². The van der Waals surface area contributed by atoms with Gasteiger partial charge in [0.15, 0.2) is 6.79 Å². The summed E-state index contributed by atoms with van der Waals surface area (Å²) in [6.45, 7) is 0.264. The number of benzene rings is 1. The summed E-state index contributed by atoms with van der Waals surface area (Å²) in [6.07, 6.45) is 1.99. The van der Waals surface area contributed by atoms with Gasteiger partial charge >= 0.3 is 0 Å². The van der Waals surface area contributed by atoms with Crippen LogP contribution >= 0.6 is 11.8 Å². The second-order valence-corrected chi connectivity index (χ2v) is 3.42. The molecule has 0 aliphatic rings. The standard InChI is InChI=1S/C10H14O3S/c1-11-7-13-9-5-4-8(12-2)6-10(9)14-3/h4-6H,7H2,1-3H3. The first-order chi connectivity index (χ1) is 6.81. The van der Waals surface area contributed by atoms with Crippen LogP contribution in [0.5, 0.6) is 11.5 Å². The quantitative estimate of drug-likeness (QED) is 0.555. The average molecular weight is 214 g/mol. The zero-order valence-corrected chi connectivity index (χ0v) is 9.39. The maximum absolute atomic E-state index is 5.38. The van der Waals surface area contributed by atoms with E-state index in [0.717, 1.165) is 16.4 Å². The molecule has 0 saturated carbocycles. The molecule has 0 heterocycles. The van der Waals surface area contributed by atoms with Gasteiger partial charge in [-0.05, 0) is 24.5 Å². The van der Waals surface area contributed by atoms with Gasteiger partial charge in [-0.15, -0.1) is 11.8 Å². The highest BCUT2D eigenvalue weighted by Gasteiger charge is 2.04. The van der Waals surface area contributed by atoms with Crippen LogP contribution in [-0.4, -0.2) is 27.3 Å². The number of rotatable bonds is 5. The Bertz CT molecular complexity index is 289. The summed E-state index contributed by atoms with van der Waals surface area (Å²) in [5.41, 5.74) is 0. The van der Waals surface area contributed by atoms with E-state index in [-0.39, 0.29) is 6.79 Å². The fourth-order valence-electron chi connectivity index (χ4n) is 1.02. The Morgan fingerprint density at radius 3 is 2.64 bits per heavy atom. The monoisotopic (exact) mass is 214 g/mol. The van der Waals surface area contributed by atoms with Crippen molar-refractivity contribution in [3.8, 4) is 11.5 Å². The lowest BCUT2D eigenvalue weighted by Crippen LogP contribution is -1.99. The van der Waals surface area contributed by atoms with Gasteiger partial charge in [0, 0.05) is 7.11 Å². The molecular formula is C10H14O3S. The smallest absolute Gasteiger partial charge is 0.188 e. The molecule has 0 N–H and O–H groups in total. The fraction of sp³-hybridized carbons (Fsp3) is 0.400. The van der Waals surface area contributed by atoms with E-state index in [9.17, 15) is 0 Å². The summed E-state index contributed by atoms with van der Waals surface area (Å²) >= 11 is 1.61. The molecule has 0 spiro atoms. The van der Waals surface area contributed by atoms with E-state index in [1.165, 1.54) is 0 Å². The molecule has 0 aliphatic heterocycles. The Morgan fingerprint density at radius 1 is 1.29 bits per heavy atom. The summed E-state index contributed by atoms with van der Waals surface area (Å²) in [5.74, 6) is 1.65. The third-order valence-corrected chi connectivity index (χ3v) is 2.46. The number of ether oxygens (including phenoxy) is 3. The van der Waals surface area contributed by atoms with Gasteiger partial charge in [0.25, 0.3) is 0 Å². The van der Waals surface area contributed by atoms with Crippen molar-refractivity contribution in [3.63, 3.8) is 0 Å². The van der Waals surface area contributed by atoms with Crippen LogP contribution in [0.15, 0.2) is 23.1 Å². The van der Waals surface area contributed by atoms with Crippen molar-refractivity contribution < 1.29 is 14.2 Å². The predicted octanol–water partition coefficient (Wildman–Crippen LogP) is 2.40. The van der Waals surface area contributed by atoms with E-state index < -0.39 is 0 Å². The first-order valence-electron chi connectivity index (χ1n) is 4.15. The zero-order valence-electron chi connectivity index (χ0n) is 8.57. The van der Waals surface area contributed by atoms with Gasteiger partial charge in [0.2, 0.25) is 0 Å². The van der Waals surface area contributed by atoms with Crippen molar-refractivity contribution >= 4 is 11.8 Å². The molecule has 0 unspecified atom stereocenters. The van der Waals surface area contributed by atoms with Crippen LogP contribution < -0.4 is 9.47 Å². The lowest BCUT2D eigenvalue weighted by atomic mass is 10.3. The topological polar surface area (TPSA) is 27.7 Å². The summed E-state index contributed by atoms with van der Waals surface area (Å²) in [5, 5.41) is 0. The lowest BCUT2D eigenvalue weighted by Gasteiger charge is -2.10. The van der Waals surface area contributed by atoms with Gasteiger partial charge in [-0.2, -0.15) is 0 Å². The second-order valence-electron chi connectivity index (χ2n) is 2.57. The summed E-state index contributed by atoms with van der Waals surface area (Å²) < 4.78 is 15.3. The van der Waals surface area contributed by atoms with Crippen molar-refractivity contribution in [2.24, 2.45) is 0 Å². The highest BCUT2D eigenvalue weighted by molar-refractivity contribution is 7.98. The van der Waals surface area contributed by atoms with E-state index >= 15 is 0 Å². The average Bonchev–Trinajstić information content (AvgIpc) is 2.26. The normalized spacial score (nSPS) is 9.93. The number of methoxy groups -OCH3 is 2. The van der Waals surface area contributed by atoms with Gasteiger partial charge in [0.1, 0.15) is 11.5 Å². The first-order valence-corrected chi connectivity index (χ1v) is 5.38. The van der Waals surface area contributed by atoms with E-state index in [2.05, 4.69) is 0 Å². The third kappa shape index (κ3) is 2.82. The molecule has 0 amide bonds. The van der Waals surface area contributed by atoms with Crippen LogP contribution in [0.1, 0.15) is 0 Å². The number of hydrogen-bond donors (Lipinski definition) is 0. The third-order valence-electron chi connectivity index (χ3n) is 1.70. The van der Waals surface area contributed by atoms with E-state index in [1.54, 1.807) is 26.0 Å². The molecule has 78 valence electrons. The van der Waals surface area contributed by atoms with E-state index in [4.69, 9.17) is 14.2 Å². The molecule has 1 aromatic rings. The molecule has 1 aromatic carbocycles. The Balaban J connectivity index is 2.82. The second kappa shape index (κ2) is 5.78. The molecule has 0 saturated heterocycles. The molecule has 4 heteroatoms. The Morgan fingerprint density at radius 2 is 2.07 bits per heavy atom. The van der Waals surface area contributed by atoms with Crippen LogP contribution in [-0.2, 0) is 4.74 Å². The molecule has 1 rings (SSSR count). The summed E-state index contributed by atoms with van der Waals surface area (Å²) in [7, 11) is 3.25. The Kier molecular flexibility index (Phi) is 4.62. The van der Waals surface area contributed by atoms with Gasteiger partial charge in [-0.25, -0.2) is 0 Å². The van der Waals surface area contributed by atoms with Crippen molar-refractivity contribution in [1.82, 2.24) is 0 Å². The molecular weight excluding hydrogens is 200 g/mol. The predicted molar refractivity (Wildman–Crippen MR) is 57.3 cm³/mol. The molecule has 3 nitrogen and oxygen atoms in total. The Labute approximate surface area is 88.4 Å². The fourth-order valence-corrected chi connectivity index (χ4v) is 1.58. The number of hydrogen-bond acceptors (Lipinski definition) is 4. The first kappa shape index (κ1) is 11.2. The van der Waals surface area contributed by atoms with Crippen molar-refractivity contribution in [2.45, 2.75) is 4.90 Å². The minimum Gasteiger partial charge on any atom is -0.497 e. The Hall–Kier alpha value is -0.870. The van der Waals surface area contributed by atoms with Gasteiger partial charge in [-0.1, -0.05) is 0 Å².